The first-order valence-corrected chi connectivity index (χ1v) is 10.9. The molecule has 0 saturated heterocycles. The third-order valence-corrected chi connectivity index (χ3v) is 6.54. The topological polar surface area (TPSA) is 118 Å². The molecule has 0 fully saturated rings. The molecule has 0 aliphatic rings. The summed E-state index contributed by atoms with van der Waals surface area (Å²) in [6.07, 6.45) is 0. The lowest BCUT2D eigenvalue weighted by Crippen LogP contribution is -2.24. The first-order valence-electron chi connectivity index (χ1n) is 8.66. The molecule has 0 aliphatic heterocycles. The number of nitrogens with one attached hydrogen (secondary N) is 2. The van der Waals surface area contributed by atoms with E-state index in [1.165, 1.54) is 36.4 Å². The number of para-hydroxylation sites is 2. The molecule has 10 heteroatoms. The van der Waals surface area contributed by atoms with E-state index in [1.807, 2.05) is 6.07 Å². The Bertz CT molecular complexity index is 1200. The number of benzene rings is 3. The molecule has 0 atom stereocenters. The fourth-order valence-corrected chi connectivity index (χ4v) is 4.64. The van der Waals surface area contributed by atoms with Crippen molar-refractivity contribution in [3.8, 4) is 0 Å². The zero-order valence-corrected chi connectivity index (χ0v) is 17.8. The van der Waals surface area contributed by atoms with Crippen LogP contribution in [-0.2, 0) is 16.6 Å². The first-order chi connectivity index (χ1) is 14.3. The number of carbonyl (C=O) groups is 1. The molecule has 0 bridgehead atoms. The van der Waals surface area contributed by atoms with Crippen LogP contribution in [0.4, 0.5) is 11.4 Å². The second kappa shape index (κ2) is 9.16. The van der Waals surface area contributed by atoms with Gasteiger partial charge in [-0.2, -0.15) is 0 Å². The Labute approximate surface area is 181 Å². The van der Waals surface area contributed by atoms with Gasteiger partial charge < -0.3 is 5.32 Å². The molecular weight excluding hydrogens is 474 g/mol. The highest BCUT2D eigenvalue weighted by molar-refractivity contribution is 9.10. The van der Waals surface area contributed by atoms with Crippen LogP contribution in [-0.4, -0.2) is 19.2 Å². The maximum absolute atomic E-state index is 12.7. The third-order valence-electron chi connectivity index (χ3n) is 4.14. The molecule has 0 aromatic heterocycles. The van der Waals surface area contributed by atoms with Gasteiger partial charge in [0.1, 0.15) is 5.69 Å². The van der Waals surface area contributed by atoms with E-state index in [0.717, 1.165) is 5.56 Å². The minimum atomic E-state index is -3.92. The molecule has 8 nitrogen and oxygen atoms in total. The van der Waals surface area contributed by atoms with Crippen LogP contribution >= 0.6 is 15.9 Å². The van der Waals surface area contributed by atoms with Crippen LogP contribution in [0.2, 0.25) is 0 Å². The fourth-order valence-electron chi connectivity index (χ4n) is 2.64. The summed E-state index contributed by atoms with van der Waals surface area (Å²) >= 11 is 3.20. The summed E-state index contributed by atoms with van der Waals surface area (Å²) in [4.78, 5) is 23.0. The van der Waals surface area contributed by atoms with Crippen molar-refractivity contribution in [2.75, 3.05) is 5.32 Å². The fraction of sp³-hybridized carbons (Fsp3) is 0.0500. The van der Waals surface area contributed by atoms with Gasteiger partial charge in [-0.1, -0.05) is 42.5 Å². The highest BCUT2D eigenvalue weighted by Crippen LogP contribution is 2.26. The number of rotatable bonds is 7. The molecule has 30 heavy (non-hydrogen) atoms. The lowest BCUT2D eigenvalue weighted by atomic mass is 10.2. The number of nitrogens with zero attached hydrogens (tertiary/aromatic N) is 1. The van der Waals surface area contributed by atoms with E-state index in [0.29, 0.717) is 0 Å². The van der Waals surface area contributed by atoms with Gasteiger partial charge in [0, 0.05) is 22.6 Å². The number of halogens is 1. The van der Waals surface area contributed by atoms with Gasteiger partial charge in [0.2, 0.25) is 10.0 Å². The molecule has 1 amide bonds. The van der Waals surface area contributed by atoms with E-state index in [9.17, 15) is 23.3 Å². The van der Waals surface area contributed by atoms with Crippen molar-refractivity contribution in [3.05, 3.63) is 98.5 Å². The lowest BCUT2D eigenvalue weighted by molar-refractivity contribution is -0.383. The average molecular weight is 490 g/mol. The van der Waals surface area contributed by atoms with Gasteiger partial charge in [-0.05, 0) is 45.8 Å². The summed E-state index contributed by atoms with van der Waals surface area (Å²) < 4.78 is 28.3. The summed E-state index contributed by atoms with van der Waals surface area (Å²) in [7, 11) is -3.92. The van der Waals surface area contributed by atoms with Crippen LogP contribution in [0.3, 0.4) is 0 Å². The summed E-state index contributed by atoms with van der Waals surface area (Å²) in [5, 5.41) is 13.6. The zero-order valence-electron chi connectivity index (χ0n) is 15.4. The number of hydrogen-bond acceptors (Lipinski definition) is 5. The standard InChI is InChI=1S/C20H16BrN3O5S/c21-16-11-10-15(20(25)23-17-8-4-5-9-18(17)24(26)27)12-19(16)30(28,29)22-13-14-6-2-1-3-7-14/h1-12,22H,13H2,(H,23,25). The second-order valence-corrected chi connectivity index (χ2v) is 8.77. The average Bonchev–Trinajstić information content (AvgIpc) is 2.73. The Morgan fingerprint density at radius 1 is 1.00 bits per heavy atom. The van der Waals surface area contributed by atoms with Crippen molar-refractivity contribution >= 4 is 43.2 Å². The van der Waals surface area contributed by atoms with E-state index < -0.39 is 20.9 Å². The largest absolute Gasteiger partial charge is 0.316 e. The molecule has 2 N–H and O–H groups in total. The molecule has 0 unspecified atom stereocenters. The Morgan fingerprint density at radius 2 is 1.67 bits per heavy atom. The van der Waals surface area contributed by atoms with Crippen LogP contribution in [0, 0.1) is 10.1 Å². The van der Waals surface area contributed by atoms with Gasteiger partial charge in [0.15, 0.2) is 0 Å². The molecule has 0 aliphatic carbocycles. The van der Waals surface area contributed by atoms with E-state index >= 15 is 0 Å². The van der Waals surface area contributed by atoms with Crippen LogP contribution in [0.15, 0.2) is 82.2 Å². The van der Waals surface area contributed by atoms with Crippen molar-refractivity contribution in [1.29, 1.82) is 0 Å². The quantitative estimate of drug-likeness (QED) is 0.382. The highest BCUT2D eigenvalue weighted by atomic mass is 79.9. The summed E-state index contributed by atoms with van der Waals surface area (Å²) in [6.45, 7) is 0.0856. The van der Waals surface area contributed by atoms with E-state index in [4.69, 9.17) is 0 Å². The predicted molar refractivity (Wildman–Crippen MR) is 116 cm³/mol. The van der Waals surface area contributed by atoms with E-state index in [2.05, 4.69) is 26.0 Å². The molecule has 0 spiro atoms. The van der Waals surface area contributed by atoms with Gasteiger partial charge in [-0.25, -0.2) is 13.1 Å². The van der Waals surface area contributed by atoms with Crippen molar-refractivity contribution < 1.29 is 18.1 Å². The summed E-state index contributed by atoms with van der Waals surface area (Å²) in [6, 6.07) is 18.8. The minimum absolute atomic E-state index is 0.0158. The van der Waals surface area contributed by atoms with Crippen LogP contribution in [0.1, 0.15) is 15.9 Å². The maximum Gasteiger partial charge on any atom is 0.292 e. The SMILES string of the molecule is O=C(Nc1ccccc1[N+](=O)[O-])c1ccc(Br)c(S(=O)(=O)NCc2ccccc2)c1. The van der Waals surface area contributed by atoms with Crippen molar-refractivity contribution in [2.45, 2.75) is 11.4 Å². The van der Waals surface area contributed by atoms with Crippen molar-refractivity contribution in [2.24, 2.45) is 0 Å². The Kier molecular flexibility index (Phi) is 6.60. The van der Waals surface area contributed by atoms with E-state index in [-0.39, 0.29) is 32.9 Å². The molecule has 154 valence electrons. The number of carbonyl (C=O) groups excluding carboxylic acids is 1. The smallest absolute Gasteiger partial charge is 0.292 e. The van der Waals surface area contributed by atoms with Gasteiger partial charge >= 0.3 is 0 Å². The number of nitro groups is 1. The highest BCUT2D eigenvalue weighted by Gasteiger charge is 2.21. The normalized spacial score (nSPS) is 11.1. The Balaban J connectivity index is 1.84. The molecule has 0 saturated carbocycles. The van der Waals surface area contributed by atoms with Gasteiger partial charge in [-0.3, -0.25) is 14.9 Å². The molecule has 3 rings (SSSR count). The number of sulfonamides is 1. The Morgan fingerprint density at radius 3 is 2.37 bits per heavy atom. The minimum Gasteiger partial charge on any atom is -0.316 e. The van der Waals surface area contributed by atoms with Crippen LogP contribution in [0.5, 0.6) is 0 Å². The number of amides is 1. The summed E-state index contributed by atoms with van der Waals surface area (Å²) in [5.74, 6) is -0.670. The lowest BCUT2D eigenvalue weighted by Gasteiger charge is -2.11. The molecule has 3 aromatic rings. The number of anilines is 1. The molecule has 3 aromatic carbocycles. The number of nitro benzene ring substituents is 1. The van der Waals surface area contributed by atoms with Gasteiger partial charge in [-0.15, -0.1) is 0 Å². The third kappa shape index (κ3) is 5.09. The molecule has 0 heterocycles. The molecular formula is C20H16BrN3O5S. The van der Waals surface area contributed by atoms with Gasteiger partial charge in [0.25, 0.3) is 11.6 Å². The first kappa shape index (κ1) is 21.6. The zero-order chi connectivity index (χ0) is 21.7. The van der Waals surface area contributed by atoms with Crippen LogP contribution in [0.25, 0.3) is 0 Å². The monoisotopic (exact) mass is 489 g/mol. The van der Waals surface area contributed by atoms with Crippen molar-refractivity contribution in [3.63, 3.8) is 0 Å². The number of hydrogen-bond donors (Lipinski definition) is 2. The van der Waals surface area contributed by atoms with Gasteiger partial charge in [0.05, 0.1) is 9.82 Å². The van der Waals surface area contributed by atoms with Crippen LogP contribution < -0.4 is 10.0 Å². The Hall–Kier alpha value is -3.08. The predicted octanol–water partition coefficient (Wildman–Crippen LogP) is 4.09. The van der Waals surface area contributed by atoms with E-state index in [1.54, 1.807) is 30.3 Å². The molecule has 0 radical (unpaired) electrons. The van der Waals surface area contributed by atoms with Crippen molar-refractivity contribution in [1.82, 2.24) is 4.72 Å². The summed E-state index contributed by atoms with van der Waals surface area (Å²) in [5.41, 5.74) is 0.571. The maximum atomic E-state index is 12.7. The second-order valence-electron chi connectivity index (χ2n) is 6.18.